The molecule has 7 nitrogen and oxygen atoms in total. The van der Waals surface area contributed by atoms with E-state index in [2.05, 4.69) is 42.8 Å². The van der Waals surface area contributed by atoms with Crippen molar-refractivity contribution >= 4 is 5.82 Å². The number of aliphatic hydroxyl groups is 1. The van der Waals surface area contributed by atoms with Gasteiger partial charge in [-0.15, -0.1) is 0 Å². The lowest BCUT2D eigenvalue weighted by atomic mass is 10.00. The maximum Gasteiger partial charge on any atom is 0.167 e. The van der Waals surface area contributed by atoms with Gasteiger partial charge in [0.2, 0.25) is 0 Å². The molecule has 3 aliphatic rings. The van der Waals surface area contributed by atoms with Crippen molar-refractivity contribution in [3.05, 3.63) is 59.2 Å². The molecule has 2 aromatic rings. The molecule has 0 radical (unpaired) electrons. The molecule has 5 rings (SSSR count). The van der Waals surface area contributed by atoms with Gasteiger partial charge >= 0.3 is 0 Å². The van der Waals surface area contributed by atoms with Crippen molar-refractivity contribution in [1.82, 2.24) is 9.88 Å². The average Bonchev–Trinajstić information content (AvgIpc) is 3.36. The van der Waals surface area contributed by atoms with Gasteiger partial charge in [-0.3, -0.25) is 4.90 Å². The molecule has 206 valence electrons. The van der Waals surface area contributed by atoms with E-state index in [4.69, 9.17) is 19.2 Å². The lowest BCUT2D eigenvalue weighted by Crippen LogP contribution is -2.36. The molecule has 0 bridgehead atoms. The predicted molar refractivity (Wildman–Crippen MR) is 146 cm³/mol. The number of pyridine rings is 1. The molecule has 1 aromatic carbocycles. The number of anilines is 1. The number of ether oxygens (including phenoxy) is 3. The van der Waals surface area contributed by atoms with Crippen molar-refractivity contribution in [2.45, 2.75) is 70.6 Å². The zero-order valence-electron chi connectivity index (χ0n) is 22.5. The number of hydrogen-bond acceptors (Lipinski definition) is 7. The second kappa shape index (κ2) is 11.9. The van der Waals surface area contributed by atoms with E-state index < -0.39 is 11.9 Å². The Hall–Kier alpha value is -2.84. The fourth-order valence-corrected chi connectivity index (χ4v) is 5.59. The summed E-state index contributed by atoms with van der Waals surface area (Å²) in [7, 11) is 0. The van der Waals surface area contributed by atoms with Crippen LogP contribution in [0.1, 0.15) is 62.4 Å². The molecule has 8 heteroatoms. The molecule has 3 atom stereocenters. The quantitative estimate of drug-likeness (QED) is 0.309. The monoisotopic (exact) mass is 525 g/mol. The Balaban J connectivity index is 1.15. The summed E-state index contributed by atoms with van der Waals surface area (Å²) in [6.45, 7) is 11.3. The third kappa shape index (κ3) is 6.07. The molecule has 0 spiro atoms. The van der Waals surface area contributed by atoms with E-state index in [0.29, 0.717) is 43.4 Å². The number of nitrogens with zero attached hydrogens (tertiary/aromatic N) is 2. The average molecular weight is 526 g/mol. The van der Waals surface area contributed by atoms with Crippen LogP contribution in [0.25, 0.3) is 0 Å². The summed E-state index contributed by atoms with van der Waals surface area (Å²) in [6.07, 6.45) is 5.93. The smallest absolute Gasteiger partial charge is 0.167 e. The van der Waals surface area contributed by atoms with Gasteiger partial charge in [0.1, 0.15) is 30.1 Å². The minimum Gasteiger partial charge on any atom is -0.511 e. The van der Waals surface area contributed by atoms with Crippen molar-refractivity contribution in [3.63, 3.8) is 0 Å². The zero-order valence-corrected chi connectivity index (χ0v) is 22.5. The molecule has 4 heterocycles. The number of halogens is 1. The number of likely N-dealkylation sites (tertiary alicyclic amines) is 1. The van der Waals surface area contributed by atoms with Gasteiger partial charge in [-0.05, 0) is 62.1 Å². The van der Waals surface area contributed by atoms with Crippen molar-refractivity contribution < 1.29 is 23.7 Å². The van der Waals surface area contributed by atoms with Crippen molar-refractivity contribution in [2.75, 3.05) is 38.2 Å². The first kappa shape index (κ1) is 26.8. The first-order valence-corrected chi connectivity index (χ1v) is 14.0. The van der Waals surface area contributed by atoms with E-state index in [9.17, 15) is 9.50 Å². The van der Waals surface area contributed by atoms with Gasteiger partial charge in [0.15, 0.2) is 11.5 Å². The van der Waals surface area contributed by atoms with Crippen LogP contribution in [0.2, 0.25) is 0 Å². The number of aromatic nitrogens is 1. The zero-order chi connectivity index (χ0) is 26.6. The molecular weight excluding hydrogens is 485 g/mol. The summed E-state index contributed by atoms with van der Waals surface area (Å²) in [6, 6.07) is 6.53. The minimum absolute atomic E-state index is 0.0410. The maximum absolute atomic E-state index is 14.5. The highest BCUT2D eigenvalue weighted by molar-refractivity contribution is 5.51. The Labute approximate surface area is 225 Å². The van der Waals surface area contributed by atoms with E-state index >= 15 is 0 Å². The van der Waals surface area contributed by atoms with Crippen LogP contribution in [-0.2, 0) is 17.6 Å². The number of fused-ring (bicyclic) bond motifs is 2. The molecule has 0 unspecified atom stereocenters. The number of aliphatic hydroxyl groups excluding tert-OH is 1. The molecule has 1 aromatic heterocycles. The van der Waals surface area contributed by atoms with Crippen LogP contribution in [0, 0.1) is 11.7 Å². The summed E-state index contributed by atoms with van der Waals surface area (Å²) in [5.41, 5.74) is 2.99. The molecule has 2 N–H and O–H groups in total. The van der Waals surface area contributed by atoms with Gasteiger partial charge in [-0.1, -0.05) is 26.5 Å². The summed E-state index contributed by atoms with van der Waals surface area (Å²) in [5, 5.41) is 14.0. The summed E-state index contributed by atoms with van der Waals surface area (Å²) in [4.78, 5) is 6.87. The van der Waals surface area contributed by atoms with Gasteiger partial charge in [0.05, 0.1) is 12.1 Å². The van der Waals surface area contributed by atoms with Gasteiger partial charge < -0.3 is 24.6 Å². The lowest BCUT2D eigenvalue weighted by molar-refractivity contribution is 0.0479. The second-order valence-corrected chi connectivity index (χ2v) is 11.0. The molecule has 0 saturated carbocycles. The maximum atomic E-state index is 14.5. The number of nitrogens with one attached hydrogen (secondary N) is 1. The van der Waals surface area contributed by atoms with E-state index in [0.717, 1.165) is 50.2 Å². The summed E-state index contributed by atoms with van der Waals surface area (Å²) >= 11 is 0. The van der Waals surface area contributed by atoms with Gasteiger partial charge in [0, 0.05) is 43.6 Å². The fourth-order valence-electron chi connectivity index (χ4n) is 5.59. The van der Waals surface area contributed by atoms with E-state index in [-0.39, 0.29) is 23.9 Å². The molecule has 1 saturated heterocycles. The number of unbranched alkanes of at least 4 members (excludes halogenated alkanes) is 1. The van der Waals surface area contributed by atoms with Gasteiger partial charge in [-0.25, -0.2) is 9.37 Å². The molecular formula is C30H40FN3O4. The number of benzene rings is 1. The SMILES string of the molecule is C=C(O)[C@@H](c1cc(F)cc2c1O[C@@H](C(C)C)CO2)N1CC[C@@H](OCCCCc2ccc3c(n2)NCCC3)C1. The third-order valence-electron chi connectivity index (χ3n) is 7.75. The summed E-state index contributed by atoms with van der Waals surface area (Å²) < 4.78 is 32.8. The van der Waals surface area contributed by atoms with Crippen molar-refractivity contribution in [2.24, 2.45) is 5.92 Å². The van der Waals surface area contributed by atoms with Crippen molar-refractivity contribution in [1.29, 1.82) is 0 Å². The molecule has 0 aliphatic carbocycles. The van der Waals surface area contributed by atoms with E-state index in [1.807, 2.05) is 0 Å². The first-order chi connectivity index (χ1) is 18.4. The highest BCUT2D eigenvalue weighted by Crippen LogP contribution is 2.44. The normalized spacial score (nSPS) is 21.7. The minimum atomic E-state index is -0.591. The number of hydrogen-bond donors (Lipinski definition) is 2. The van der Waals surface area contributed by atoms with Crippen LogP contribution in [0.15, 0.2) is 36.6 Å². The van der Waals surface area contributed by atoms with Crippen LogP contribution in [0.5, 0.6) is 11.5 Å². The predicted octanol–water partition coefficient (Wildman–Crippen LogP) is 5.60. The molecule has 3 aliphatic heterocycles. The fraction of sp³-hybridized carbons (Fsp3) is 0.567. The summed E-state index contributed by atoms with van der Waals surface area (Å²) in [5.74, 6) is 1.69. The molecule has 38 heavy (non-hydrogen) atoms. The Morgan fingerprint density at radius 3 is 3.00 bits per heavy atom. The Kier molecular flexibility index (Phi) is 8.39. The molecule has 1 fully saturated rings. The lowest BCUT2D eigenvalue weighted by Gasteiger charge is -2.34. The topological polar surface area (TPSA) is 76.1 Å². The largest absolute Gasteiger partial charge is 0.511 e. The van der Waals surface area contributed by atoms with E-state index in [1.165, 1.54) is 24.1 Å². The molecule has 0 amide bonds. The highest BCUT2D eigenvalue weighted by atomic mass is 19.1. The van der Waals surface area contributed by atoms with Crippen LogP contribution >= 0.6 is 0 Å². The highest BCUT2D eigenvalue weighted by Gasteiger charge is 2.36. The Morgan fingerprint density at radius 1 is 1.32 bits per heavy atom. The van der Waals surface area contributed by atoms with Crippen LogP contribution in [-0.4, -0.2) is 60.0 Å². The Morgan fingerprint density at radius 2 is 2.18 bits per heavy atom. The Bertz CT molecular complexity index is 1140. The first-order valence-electron chi connectivity index (χ1n) is 14.0. The van der Waals surface area contributed by atoms with E-state index in [1.54, 1.807) is 0 Å². The van der Waals surface area contributed by atoms with Gasteiger partial charge in [0.25, 0.3) is 0 Å². The number of aryl methyl sites for hydroxylation is 2. The third-order valence-corrected chi connectivity index (χ3v) is 7.75. The van der Waals surface area contributed by atoms with Crippen LogP contribution in [0.3, 0.4) is 0 Å². The number of rotatable bonds is 10. The standard InChI is InChI=1S/C30H40FN3O4/c1-19(2)27-18-37-26-16-22(31)15-25(29(26)38-27)28(20(3)35)34-13-11-24(17-34)36-14-5-4-8-23-10-9-21-7-6-12-32-30(21)33-23/h9-10,15-16,19,24,27-28,35H,3-8,11-14,17-18H2,1-2H3,(H,32,33)/t24-,27-,28+/m1/s1. The van der Waals surface area contributed by atoms with Crippen molar-refractivity contribution in [3.8, 4) is 11.5 Å². The van der Waals surface area contributed by atoms with Gasteiger partial charge in [-0.2, -0.15) is 0 Å². The van der Waals surface area contributed by atoms with Crippen LogP contribution < -0.4 is 14.8 Å². The second-order valence-electron chi connectivity index (χ2n) is 11.0. The van der Waals surface area contributed by atoms with Crippen LogP contribution in [0.4, 0.5) is 10.2 Å².